The van der Waals surface area contributed by atoms with Crippen LogP contribution in [0.3, 0.4) is 0 Å². The summed E-state index contributed by atoms with van der Waals surface area (Å²) in [6, 6.07) is 3.31. The summed E-state index contributed by atoms with van der Waals surface area (Å²) in [6.45, 7) is 0. The number of hydrogen-bond donors (Lipinski definition) is 3. The zero-order valence-electron chi connectivity index (χ0n) is 12.0. The van der Waals surface area contributed by atoms with Crippen LogP contribution in [0.1, 0.15) is 6.42 Å². The molecule has 116 valence electrons. The summed E-state index contributed by atoms with van der Waals surface area (Å²) in [4.78, 5) is 25.0. The van der Waals surface area contributed by atoms with Gasteiger partial charge in [0.2, 0.25) is 5.95 Å². The normalized spacial score (nSPS) is 14.0. The molecule has 23 heavy (non-hydrogen) atoms. The molecule has 2 aromatic rings. The molecule has 0 radical (unpaired) electrons. The van der Waals surface area contributed by atoms with Gasteiger partial charge in [-0.15, -0.1) is 0 Å². The molecule has 0 unspecified atom stereocenters. The van der Waals surface area contributed by atoms with Crippen molar-refractivity contribution in [1.29, 1.82) is 0 Å². The highest BCUT2D eigenvalue weighted by atomic mass is 35.5. The zero-order chi connectivity index (χ0) is 16.2. The lowest BCUT2D eigenvalue weighted by Crippen LogP contribution is -2.20. The number of aromatic nitrogens is 4. The van der Waals surface area contributed by atoms with Gasteiger partial charge in [0.15, 0.2) is 5.82 Å². The molecule has 2 heterocycles. The number of rotatable bonds is 2. The number of fused-ring (bicyclic) bond motifs is 2. The number of nitrogen functional groups attached to an aromatic ring is 1. The first-order valence-corrected chi connectivity index (χ1v) is 7.17. The first-order valence-electron chi connectivity index (χ1n) is 6.79. The Morgan fingerprint density at radius 2 is 1.96 bits per heavy atom. The molecule has 7 nitrogen and oxygen atoms in total. The van der Waals surface area contributed by atoms with Crippen LogP contribution >= 0.6 is 11.6 Å². The van der Waals surface area contributed by atoms with Gasteiger partial charge in [0.25, 0.3) is 0 Å². The SMILES string of the molecule is C1=CC2=CC=C1C2.NNc1nc(-c2ncccc2Cl)[nH]c(=O)n1. The van der Waals surface area contributed by atoms with E-state index in [0.29, 0.717) is 10.7 Å². The number of nitrogens with one attached hydrogen (secondary N) is 2. The summed E-state index contributed by atoms with van der Waals surface area (Å²) in [5.74, 6) is 5.33. The lowest BCUT2D eigenvalue weighted by atomic mass is 10.3. The van der Waals surface area contributed by atoms with Gasteiger partial charge in [0, 0.05) is 6.20 Å². The van der Waals surface area contributed by atoms with Crippen molar-refractivity contribution in [1.82, 2.24) is 19.9 Å². The largest absolute Gasteiger partial charge is 0.349 e. The average molecular weight is 329 g/mol. The van der Waals surface area contributed by atoms with Crippen LogP contribution in [0.5, 0.6) is 0 Å². The molecule has 0 aromatic carbocycles. The maximum Gasteiger partial charge on any atom is 0.349 e. The summed E-state index contributed by atoms with van der Waals surface area (Å²) in [5.41, 5.74) is 4.90. The molecular weight excluding hydrogens is 316 g/mol. The van der Waals surface area contributed by atoms with Crippen LogP contribution in [0.25, 0.3) is 11.5 Å². The maximum atomic E-state index is 11.2. The Labute approximate surface area is 136 Å². The highest BCUT2D eigenvalue weighted by Gasteiger charge is 2.09. The molecule has 0 fully saturated rings. The van der Waals surface area contributed by atoms with E-state index in [9.17, 15) is 4.79 Å². The minimum atomic E-state index is -0.584. The molecule has 0 saturated carbocycles. The van der Waals surface area contributed by atoms with E-state index < -0.39 is 5.69 Å². The number of nitrogens with zero attached hydrogens (tertiary/aromatic N) is 3. The number of aromatic amines is 1. The standard InChI is InChI=1S/C8H7ClN6O.C7H6/c9-4-2-1-3-11-5(4)6-12-7(15-10)14-8(16)13-6;1-2-7-4-3-6(1)5-7/h1-3H,10H2,(H2,12,13,14,15,16);1-4H,5H2. The van der Waals surface area contributed by atoms with Gasteiger partial charge < -0.3 is 0 Å². The molecule has 2 bridgehead atoms. The fraction of sp³-hybridized carbons (Fsp3) is 0.0667. The predicted octanol–water partition coefficient (Wildman–Crippen LogP) is 1.98. The molecule has 0 saturated heterocycles. The Bertz CT molecular complexity index is 864. The molecule has 4 rings (SSSR count). The highest BCUT2D eigenvalue weighted by Crippen LogP contribution is 2.27. The highest BCUT2D eigenvalue weighted by molar-refractivity contribution is 6.32. The Kier molecular flexibility index (Phi) is 4.31. The van der Waals surface area contributed by atoms with Crippen LogP contribution in [0.2, 0.25) is 5.02 Å². The number of halogens is 1. The Hall–Kier alpha value is -2.77. The maximum absolute atomic E-state index is 11.2. The van der Waals surface area contributed by atoms with Crippen molar-refractivity contribution >= 4 is 17.5 Å². The zero-order valence-corrected chi connectivity index (χ0v) is 12.7. The summed E-state index contributed by atoms with van der Waals surface area (Å²) in [6.07, 6.45) is 11.4. The molecule has 8 heteroatoms. The number of H-pyrrole nitrogens is 1. The van der Waals surface area contributed by atoms with Crippen LogP contribution in [0, 0.1) is 0 Å². The van der Waals surface area contributed by atoms with Crippen molar-refractivity contribution in [2.45, 2.75) is 6.42 Å². The first-order chi connectivity index (χ1) is 11.2. The van der Waals surface area contributed by atoms with E-state index in [2.05, 4.69) is 49.7 Å². The van der Waals surface area contributed by atoms with E-state index in [1.54, 1.807) is 12.1 Å². The van der Waals surface area contributed by atoms with Crippen molar-refractivity contribution < 1.29 is 0 Å². The van der Waals surface area contributed by atoms with E-state index in [0.717, 1.165) is 0 Å². The van der Waals surface area contributed by atoms with Crippen LogP contribution in [-0.2, 0) is 0 Å². The second-order valence-electron chi connectivity index (χ2n) is 4.80. The van der Waals surface area contributed by atoms with Crippen LogP contribution in [0.4, 0.5) is 5.95 Å². The Morgan fingerprint density at radius 1 is 1.22 bits per heavy atom. The number of hydrogen-bond acceptors (Lipinski definition) is 6. The number of nitrogens with two attached hydrogens (primary N) is 1. The van der Waals surface area contributed by atoms with E-state index in [1.807, 2.05) is 0 Å². The molecule has 0 atom stereocenters. The third-order valence-electron chi connectivity index (χ3n) is 3.19. The third-order valence-corrected chi connectivity index (χ3v) is 3.50. The van der Waals surface area contributed by atoms with Gasteiger partial charge in [-0.25, -0.2) is 10.6 Å². The van der Waals surface area contributed by atoms with Crippen molar-refractivity contribution in [3.63, 3.8) is 0 Å². The van der Waals surface area contributed by atoms with E-state index in [1.165, 1.54) is 23.8 Å². The second kappa shape index (κ2) is 6.55. The van der Waals surface area contributed by atoms with E-state index >= 15 is 0 Å². The number of hydrazine groups is 1. The van der Waals surface area contributed by atoms with Crippen LogP contribution < -0.4 is 17.0 Å². The number of anilines is 1. The van der Waals surface area contributed by atoms with Crippen molar-refractivity contribution in [3.8, 4) is 11.5 Å². The smallest absolute Gasteiger partial charge is 0.292 e. The molecule has 2 aromatic heterocycles. The minimum absolute atomic E-state index is 0.000435. The summed E-state index contributed by atoms with van der Waals surface area (Å²) < 4.78 is 0. The number of pyridine rings is 1. The van der Waals surface area contributed by atoms with Gasteiger partial charge in [-0.1, -0.05) is 35.9 Å². The lowest BCUT2D eigenvalue weighted by molar-refractivity contribution is 0.977. The Balaban J connectivity index is 0.000000183. The molecule has 2 aliphatic carbocycles. The van der Waals surface area contributed by atoms with E-state index in [-0.39, 0.29) is 11.8 Å². The Morgan fingerprint density at radius 3 is 2.48 bits per heavy atom. The lowest BCUT2D eigenvalue weighted by Gasteiger charge is -2.03. The van der Waals surface area contributed by atoms with Crippen molar-refractivity contribution in [2.75, 3.05) is 5.43 Å². The minimum Gasteiger partial charge on any atom is -0.292 e. The first kappa shape index (κ1) is 15.1. The molecule has 4 N–H and O–H groups in total. The monoisotopic (exact) mass is 328 g/mol. The third kappa shape index (κ3) is 3.53. The fourth-order valence-corrected chi connectivity index (χ4v) is 2.34. The summed E-state index contributed by atoms with van der Waals surface area (Å²) in [5, 5.41) is 0.375. The van der Waals surface area contributed by atoms with Gasteiger partial charge in [-0.3, -0.25) is 15.4 Å². The molecule has 0 amide bonds. The topological polar surface area (TPSA) is 110 Å². The fourth-order valence-electron chi connectivity index (χ4n) is 2.13. The second-order valence-corrected chi connectivity index (χ2v) is 5.20. The van der Waals surface area contributed by atoms with Crippen LogP contribution in [0.15, 0.2) is 58.6 Å². The summed E-state index contributed by atoms with van der Waals surface area (Å²) >= 11 is 5.91. The van der Waals surface area contributed by atoms with Crippen molar-refractivity contribution in [2.24, 2.45) is 5.84 Å². The molecule has 2 aliphatic rings. The van der Waals surface area contributed by atoms with E-state index in [4.69, 9.17) is 17.4 Å². The molecular formula is C15H13ClN6O. The predicted molar refractivity (Wildman–Crippen MR) is 88.6 cm³/mol. The quantitative estimate of drug-likeness (QED) is 0.574. The van der Waals surface area contributed by atoms with Gasteiger partial charge >= 0.3 is 5.69 Å². The molecule has 0 spiro atoms. The summed E-state index contributed by atoms with van der Waals surface area (Å²) in [7, 11) is 0. The van der Waals surface area contributed by atoms with Gasteiger partial charge in [0.05, 0.1) is 5.02 Å². The molecule has 0 aliphatic heterocycles. The van der Waals surface area contributed by atoms with Crippen LogP contribution in [-0.4, -0.2) is 19.9 Å². The average Bonchev–Trinajstić information content (AvgIpc) is 3.21. The van der Waals surface area contributed by atoms with Crippen molar-refractivity contribution in [3.05, 3.63) is 69.3 Å². The van der Waals surface area contributed by atoms with Gasteiger partial charge in [-0.05, 0) is 29.7 Å². The van der Waals surface area contributed by atoms with Gasteiger partial charge in [0.1, 0.15) is 5.69 Å². The van der Waals surface area contributed by atoms with Gasteiger partial charge in [-0.2, -0.15) is 9.97 Å². The number of allylic oxidation sites excluding steroid dienone is 6.